The second kappa shape index (κ2) is 8.21. The number of benzene rings is 1. The topological polar surface area (TPSA) is 31.2 Å². The van der Waals surface area contributed by atoms with E-state index in [-0.39, 0.29) is 5.97 Å². The number of rotatable bonds is 7. The summed E-state index contributed by atoms with van der Waals surface area (Å²) in [4.78, 5) is 12.2. The second-order valence-electron chi connectivity index (χ2n) is 5.76. The fraction of sp³-hybridized carbons (Fsp3) is 0.421. The summed E-state index contributed by atoms with van der Waals surface area (Å²) in [5.41, 5.74) is 3.48. The van der Waals surface area contributed by atoms with Gasteiger partial charge in [0.15, 0.2) is 0 Å². The van der Waals surface area contributed by atoms with Crippen LogP contribution in [-0.2, 0) is 11.3 Å². The predicted octanol–water partition coefficient (Wildman–Crippen LogP) is 5.48. The molecule has 1 heterocycles. The molecular formula is C19H24ClNO2. The molecule has 0 saturated heterocycles. The molecule has 124 valence electrons. The quantitative estimate of drug-likeness (QED) is 0.496. The number of hydrogen-bond donors (Lipinski definition) is 0. The lowest BCUT2D eigenvalue weighted by molar-refractivity contribution is 0.0600. The summed E-state index contributed by atoms with van der Waals surface area (Å²) >= 11 is 5.97. The SMILES string of the molecule is CCCCCCn1cc(-c2ccc(Cl)cc2)c(C(=O)OC)c1C. The summed E-state index contributed by atoms with van der Waals surface area (Å²) in [5, 5.41) is 0.684. The summed E-state index contributed by atoms with van der Waals surface area (Å²) in [6, 6.07) is 7.55. The molecule has 1 aromatic carbocycles. The molecule has 0 radical (unpaired) electrons. The highest BCUT2D eigenvalue weighted by atomic mass is 35.5. The summed E-state index contributed by atoms with van der Waals surface area (Å²) in [6.07, 6.45) is 6.83. The molecule has 0 aliphatic carbocycles. The van der Waals surface area contributed by atoms with Gasteiger partial charge in [0, 0.05) is 29.0 Å². The zero-order chi connectivity index (χ0) is 16.8. The number of halogens is 1. The molecule has 0 atom stereocenters. The van der Waals surface area contributed by atoms with Crippen molar-refractivity contribution >= 4 is 17.6 Å². The first-order valence-corrected chi connectivity index (χ1v) is 8.50. The van der Waals surface area contributed by atoms with Gasteiger partial charge in [0.1, 0.15) is 0 Å². The third-order valence-corrected chi connectivity index (χ3v) is 4.40. The van der Waals surface area contributed by atoms with Gasteiger partial charge < -0.3 is 9.30 Å². The lowest BCUT2D eigenvalue weighted by Crippen LogP contribution is -2.06. The summed E-state index contributed by atoms with van der Waals surface area (Å²) < 4.78 is 7.14. The second-order valence-corrected chi connectivity index (χ2v) is 6.19. The van der Waals surface area contributed by atoms with Crippen molar-refractivity contribution in [3.63, 3.8) is 0 Å². The molecule has 23 heavy (non-hydrogen) atoms. The van der Waals surface area contributed by atoms with E-state index < -0.39 is 0 Å². The molecule has 0 spiro atoms. The summed E-state index contributed by atoms with van der Waals surface area (Å²) in [6.45, 7) is 5.10. The minimum absolute atomic E-state index is 0.292. The normalized spacial score (nSPS) is 10.8. The van der Waals surface area contributed by atoms with Crippen LogP contribution >= 0.6 is 11.6 Å². The molecule has 0 N–H and O–H groups in total. The van der Waals surface area contributed by atoms with E-state index in [2.05, 4.69) is 17.7 Å². The van der Waals surface area contributed by atoms with Gasteiger partial charge in [-0.2, -0.15) is 0 Å². The predicted molar refractivity (Wildman–Crippen MR) is 95.1 cm³/mol. The molecule has 0 saturated carbocycles. The summed E-state index contributed by atoms with van der Waals surface area (Å²) in [5.74, 6) is -0.292. The molecular weight excluding hydrogens is 310 g/mol. The van der Waals surface area contributed by atoms with Crippen LogP contribution in [0.25, 0.3) is 11.1 Å². The third-order valence-electron chi connectivity index (χ3n) is 4.14. The zero-order valence-electron chi connectivity index (χ0n) is 14.1. The number of carbonyl (C=O) groups is 1. The maximum Gasteiger partial charge on any atom is 0.340 e. The number of methoxy groups -OCH3 is 1. The van der Waals surface area contributed by atoms with Crippen molar-refractivity contribution in [2.45, 2.75) is 46.1 Å². The van der Waals surface area contributed by atoms with Crippen LogP contribution in [-0.4, -0.2) is 17.6 Å². The Labute approximate surface area is 143 Å². The first-order chi connectivity index (χ1) is 11.1. The van der Waals surface area contributed by atoms with E-state index in [1.54, 1.807) is 0 Å². The van der Waals surface area contributed by atoms with E-state index >= 15 is 0 Å². The van der Waals surface area contributed by atoms with E-state index in [1.165, 1.54) is 26.4 Å². The highest BCUT2D eigenvalue weighted by Gasteiger charge is 2.20. The Morgan fingerprint density at radius 2 is 1.87 bits per heavy atom. The molecule has 2 aromatic rings. The number of unbranched alkanes of at least 4 members (excludes halogenated alkanes) is 3. The number of hydrogen-bond acceptors (Lipinski definition) is 2. The van der Waals surface area contributed by atoms with Gasteiger partial charge in [0.2, 0.25) is 0 Å². The number of carbonyl (C=O) groups excluding carboxylic acids is 1. The van der Waals surface area contributed by atoms with E-state index in [9.17, 15) is 4.79 Å². The lowest BCUT2D eigenvalue weighted by Gasteiger charge is -2.06. The van der Waals surface area contributed by atoms with Gasteiger partial charge in [-0.05, 0) is 31.0 Å². The van der Waals surface area contributed by atoms with Crippen LogP contribution in [0.4, 0.5) is 0 Å². The Morgan fingerprint density at radius 1 is 1.17 bits per heavy atom. The molecule has 0 fully saturated rings. The highest BCUT2D eigenvalue weighted by molar-refractivity contribution is 6.30. The number of aromatic nitrogens is 1. The minimum Gasteiger partial charge on any atom is -0.465 e. The largest absolute Gasteiger partial charge is 0.465 e. The zero-order valence-corrected chi connectivity index (χ0v) is 14.8. The van der Waals surface area contributed by atoms with Crippen molar-refractivity contribution in [1.82, 2.24) is 4.57 Å². The molecule has 0 aliphatic rings. The Bertz CT molecular complexity index is 659. The maximum absolute atomic E-state index is 12.2. The van der Waals surface area contributed by atoms with Crippen LogP contribution < -0.4 is 0 Å². The van der Waals surface area contributed by atoms with Crippen molar-refractivity contribution in [1.29, 1.82) is 0 Å². The van der Waals surface area contributed by atoms with Crippen molar-refractivity contribution in [2.24, 2.45) is 0 Å². The van der Waals surface area contributed by atoms with E-state index in [0.29, 0.717) is 10.6 Å². The van der Waals surface area contributed by atoms with Gasteiger partial charge in [-0.3, -0.25) is 0 Å². The number of esters is 1. The number of ether oxygens (including phenoxy) is 1. The van der Waals surface area contributed by atoms with E-state index in [0.717, 1.165) is 29.8 Å². The standard InChI is InChI=1S/C19H24ClNO2/c1-4-5-6-7-12-21-13-17(15-8-10-16(20)11-9-15)18(14(21)2)19(22)23-3/h8-11,13H,4-7,12H2,1-3H3. The van der Waals surface area contributed by atoms with Crippen LogP contribution in [0, 0.1) is 6.92 Å². The monoisotopic (exact) mass is 333 g/mol. The van der Waals surface area contributed by atoms with Crippen molar-refractivity contribution in [2.75, 3.05) is 7.11 Å². The third kappa shape index (κ3) is 4.17. The van der Waals surface area contributed by atoms with Gasteiger partial charge in [0.05, 0.1) is 12.7 Å². The van der Waals surface area contributed by atoms with Crippen LogP contribution in [0.3, 0.4) is 0 Å². The fourth-order valence-corrected chi connectivity index (χ4v) is 2.93. The van der Waals surface area contributed by atoms with Gasteiger partial charge in [-0.1, -0.05) is 49.9 Å². The average Bonchev–Trinajstić information content (AvgIpc) is 2.88. The Balaban J connectivity index is 2.35. The molecule has 3 nitrogen and oxygen atoms in total. The van der Waals surface area contributed by atoms with Gasteiger partial charge in [-0.15, -0.1) is 0 Å². The molecule has 0 bridgehead atoms. The van der Waals surface area contributed by atoms with E-state index in [1.807, 2.05) is 31.2 Å². The molecule has 0 aliphatic heterocycles. The van der Waals surface area contributed by atoms with Crippen LogP contribution in [0.5, 0.6) is 0 Å². The van der Waals surface area contributed by atoms with Gasteiger partial charge in [0.25, 0.3) is 0 Å². The van der Waals surface area contributed by atoms with E-state index in [4.69, 9.17) is 16.3 Å². The van der Waals surface area contributed by atoms with Gasteiger partial charge >= 0.3 is 5.97 Å². The first-order valence-electron chi connectivity index (χ1n) is 8.12. The van der Waals surface area contributed by atoms with Crippen LogP contribution in [0.1, 0.15) is 48.7 Å². The highest BCUT2D eigenvalue weighted by Crippen LogP contribution is 2.30. The molecule has 1 aromatic heterocycles. The Kier molecular flexibility index (Phi) is 6.28. The average molecular weight is 334 g/mol. The maximum atomic E-state index is 12.2. The van der Waals surface area contributed by atoms with Gasteiger partial charge in [-0.25, -0.2) is 4.79 Å². The number of aryl methyl sites for hydroxylation is 1. The fourth-order valence-electron chi connectivity index (χ4n) is 2.80. The molecule has 0 amide bonds. The Hall–Kier alpha value is -1.74. The van der Waals surface area contributed by atoms with Crippen molar-refractivity contribution < 1.29 is 9.53 Å². The first kappa shape index (κ1) is 17.6. The number of nitrogens with zero attached hydrogens (tertiary/aromatic N) is 1. The molecule has 0 unspecified atom stereocenters. The Morgan fingerprint density at radius 3 is 2.48 bits per heavy atom. The van der Waals surface area contributed by atoms with Crippen molar-refractivity contribution in [3.8, 4) is 11.1 Å². The van der Waals surface area contributed by atoms with Crippen LogP contribution in [0.15, 0.2) is 30.5 Å². The van der Waals surface area contributed by atoms with Crippen molar-refractivity contribution in [3.05, 3.63) is 46.7 Å². The minimum atomic E-state index is -0.292. The smallest absolute Gasteiger partial charge is 0.340 e. The van der Waals surface area contributed by atoms with Crippen LogP contribution in [0.2, 0.25) is 5.02 Å². The molecule has 4 heteroatoms. The summed E-state index contributed by atoms with van der Waals surface area (Å²) in [7, 11) is 1.42. The molecule has 2 rings (SSSR count). The lowest BCUT2D eigenvalue weighted by atomic mass is 10.0.